The van der Waals surface area contributed by atoms with Crippen molar-refractivity contribution in [2.24, 2.45) is 0 Å². The Bertz CT molecular complexity index is 455. The van der Waals surface area contributed by atoms with E-state index >= 15 is 0 Å². The summed E-state index contributed by atoms with van der Waals surface area (Å²) in [5.41, 5.74) is 0.644. The number of aromatic nitrogens is 2. The monoisotopic (exact) mass is 207 g/mol. The number of para-hydroxylation sites is 1. The first-order chi connectivity index (χ1) is 6.79. The number of nitro benzene ring substituents is 1. The average molecular weight is 207 g/mol. The third-order valence-corrected chi connectivity index (χ3v) is 2.43. The summed E-state index contributed by atoms with van der Waals surface area (Å²) in [7, 11) is 0. The van der Waals surface area contributed by atoms with E-state index in [0.29, 0.717) is 10.4 Å². The number of nitro groups is 1. The Hall–Kier alpha value is -1.82. The van der Waals surface area contributed by atoms with Crippen LogP contribution < -0.4 is 0 Å². The van der Waals surface area contributed by atoms with Crippen molar-refractivity contribution in [1.82, 2.24) is 9.59 Å². The van der Waals surface area contributed by atoms with Gasteiger partial charge in [0.05, 0.1) is 21.6 Å². The second-order valence-corrected chi connectivity index (χ2v) is 3.34. The number of hydrogen-bond acceptors (Lipinski definition) is 5. The highest BCUT2D eigenvalue weighted by atomic mass is 32.1. The van der Waals surface area contributed by atoms with Crippen LogP contribution in [0.2, 0.25) is 0 Å². The molecule has 0 atom stereocenters. The SMILES string of the molecule is O=[N+]([O-])c1ccccc1-c1cnns1. The van der Waals surface area contributed by atoms with Crippen LogP contribution in [0.3, 0.4) is 0 Å². The number of benzene rings is 1. The maximum atomic E-state index is 10.7. The fourth-order valence-electron chi connectivity index (χ4n) is 1.13. The molecule has 0 unspecified atom stereocenters. The molecule has 70 valence electrons. The molecule has 0 aliphatic rings. The molecule has 5 nitrogen and oxygen atoms in total. The molecular formula is C8H5N3O2S. The minimum Gasteiger partial charge on any atom is -0.258 e. The van der Waals surface area contributed by atoms with Crippen molar-refractivity contribution in [2.75, 3.05) is 0 Å². The molecule has 0 saturated heterocycles. The Morgan fingerprint density at radius 1 is 1.36 bits per heavy atom. The van der Waals surface area contributed by atoms with E-state index in [1.54, 1.807) is 18.2 Å². The zero-order chi connectivity index (χ0) is 9.97. The van der Waals surface area contributed by atoms with Gasteiger partial charge in [-0.15, -0.1) is 5.10 Å². The summed E-state index contributed by atoms with van der Waals surface area (Å²) in [5.74, 6) is 0. The zero-order valence-corrected chi connectivity index (χ0v) is 7.77. The van der Waals surface area contributed by atoms with Gasteiger partial charge in [-0.1, -0.05) is 16.6 Å². The first kappa shape index (κ1) is 8.76. The van der Waals surface area contributed by atoms with Gasteiger partial charge in [-0.2, -0.15) is 0 Å². The standard InChI is InChI=1S/C8H5N3O2S/c12-11(13)7-4-2-1-3-6(7)8-5-9-10-14-8/h1-5H. The number of hydrogen-bond donors (Lipinski definition) is 0. The maximum absolute atomic E-state index is 10.7. The molecule has 0 fully saturated rings. The predicted molar refractivity (Wildman–Crippen MR) is 52.0 cm³/mol. The van der Waals surface area contributed by atoms with Crippen molar-refractivity contribution in [3.63, 3.8) is 0 Å². The van der Waals surface area contributed by atoms with E-state index in [1.165, 1.54) is 12.3 Å². The van der Waals surface area contributed by atoms with E-state index in [0.717, 1.165) is 11.5 Å². The number of nitrogens with zero attached hydrogens (tertiary/aromatic N) is 3. The van der Waals surface area contributed by atoms with Gasteiger partial charge in [0.2, 0.25) is 0 Å². The molecule has 0 bridgehead atoms. The van der Waals surface area contributed by atoms with Gasteiger partial charge in [-0.05, 0) is 17.6 Å². The summed E-state index contributed by atoms with van der Waals surface area (Å²) < 4.78 is 3.67. The fourth-order valence-corrected chi connectivity index (χ4v) is 1.67. The highest BCUT2D eigenvalue weighted by Crippen LogP contribution is 2.30. The second kappa shape index (κ2) is 3.51. The van der Waals surface area contributed by atoms with Crippen LogP contribution >= 0.6 is 11.5 Å². The van der Waals surface area contributed by atoms with Gasteiger partial charge < -0.3 is 0 Å². The number of rotatable bonds is 2. The van der Waals surface area contributed by atoms with Crippen molar-refractivity contribution in [3.05, 3.63) is 40.6 Å². The zero-order valence-electron chi connectivity index (χ0n) is 6.95. The largest absolute Gasteiger partial charge is 0.278 e. The van der Waals surface area contributed by atoms with E-state index in [9.17, 15) is 10.1 Å². The van der Waals surface area contributed by atoms with Gasteiger partial charge in [-0.25, -0.2) is 0 Å². The Kier molecular flexibility index (Phi) is 2.19. The second-order valence-electron chi connectivity index (χ2n) is 2.56. The van der Waals surface area contributed by atoms with Crippen LogP contribution in [-0.4, -0.2) is 14.5 Å². The Morgan fingerprint density at radius 3 is 2.79 bits per heavy atom. The van der Waals surface area contributed by atoms with E-state index < -0.39 is 4.92 Å². The third kappa shape index (κ3) is 1.47. The average Bonchev–Trinajstić information content (AvgIpc) is 2.70. The summed E-state index contributed by atoms with van der Waals surface area (Å²) in [4.78, 5) is 11.0. The van der Waals surface area contributed by atoms with Crippen LogP contribution in [0.15, 0.2) is 30.5 Å². The summed E-state index contributed by atoms with van der Waals surface area (Å²) in [6.45, 7) is 0. The summed E-state index contributed by atoms with van der Waals surface area (Å²) >= 11 is 1.14. The molecule has 0 aliphatic carbocycles. The predicted octanol–water partition coefficient (Wildman–Crippen LogP) is 2.11. The van der Waals surface area contributed by atoms with Gasteiger partial charge in [0, 0.05) is 6.07 Å². The molecule has 1 heterocycles. The van der Waals surface area contributed by atoms with Crippen molar-refractivity contribution in [2.45, 2.75) is 0 Å². The minimum atomic E-state index is -0.408. The lowest BCUT2D eigenvalue weighted by Crippen LogP contribution is -1.89. The lowest BCUT2D eigenvalue weighted by Gasteiger charge is -1.96. The molecule has 0 amide bonds. The van der Waals surface area contributed by atoms with Crippen LogP contribution in [0.5, 0.6) is 0 Å². The van der Waals surface area contributed by atoms with Crippen LogP contribution in [-0.2, 0) is 0 Å². The third-order valence-electron chi connectivity index (χ3n) is 1.73. The van der Waals surface area contributed by atoms with Gasteiger partial charge in [0.1, 0.15) is 0 Å². The Morgan fingerprint density at radius 2 is 2.14 bits per heavy atom. The lowest BCUT2D eigenvalue weighted by molar-refractivity contribution is -0.384. The molecule has 0 spiro atoms. The topological polar surface area (TPSA) is 68.9 Å². The molecule has 1 aromatic heterocycles. The summed E-state index contributed by atoms with van der Waals surface area (Å²) in [5, 5.41) is 14.3. The normalized spacial score (nSPS) is 10.0. The van der Waals surface area contributed by atoms with E-state index in [1.807, 2.05) is 0 Å². The van der Waals surface area contributed by atoms with Gasteiger partial charge >= 0.3 is 0 Å². The molecule has 0 aliphatic heterocycles. The molecule has 0 saturated carbocycles. The van der Waals surface area contributed by atoms with Crippen molar-refractivity contribution in [3.8, 4) is 10.4 Å². The first-order valence-electron chi connectivity index (χ1n) is 3.80. The van der Waals surface area contributed by atoms with E-state index in [2.05, 4.69) is 9.59 Å². The van der Waals surface area contributed by atoms with Crippen LogP contribution in [0.1, 0.15) is 0 Å². The smallest absolute Gasteiger partial charge is 0.258 e. The molecule has 6 heteroatoms. The van der Waals surface area contributed by atoms with Gasteiger partial charge in [-0.3, -0.25) is 10.1 Å². The molecule has 0 radical (unpaired) electrons. The minimum absolute atomic E-state index is 0.0820. The Labute approximate surface area is 83.3 Å². The van der Waals surface area contributed by atoms with Crippen LogP contribution in [0.4, 0.5) is 5.69 Å². The van der Waals surface area contributed by atoms with E-state index in [-0.39, 0.29) is 5.69 Å². The first-order valence-corrected chi connectivity index (χ1v) is 4.57. The van der Waals surface area contributed by atoms with Crippen molar-refractivity contribution in [1.29, 1.82) is 0 Å². The summed E-state index contributed by atoms with van der Waals surface area (Å²) in [6, 6.07) is 6.54. The molecule has 14 heavy (non-hydrogen) atoms. The Balaban J connectivity index is 2.58. The highest BCUT2D eigenvalue weighted by Gasteiger charge is 2.15. The summed E-state index contributed by atoms with van der Waals surface area (Å²) in [6.07, 6.45) is 1.52. The van der Waals surface area contributed by atoms with E-state index in [4.69, 9.17) is 0 Å². The van der Waals surface area contributed by atoms with Crippen LogP contribution in [0.25, 0.3) is 10.4 Å². The van der Waals surface area contributed by atoms with Crippen molar-refractivity contribution >= 4 is 17.2 Å². The molecular weight excluding hydrogens is 202 g/mol. The molecule has 0 N–H and O–H groups in total. The molecule has 2 rings (SSSR count). The lowest BCUT2D eigenvalue weighted by atomic mass is 10.1. The highest BCUT2D eigenvalue weighted by molar-refractivity contribution is 7.09. The quantitative estimate of drug-likeness (QED) is 0.558. The molecule has 1 aromatic carbocycles. The van der Waals surface area contributed by atoms with Crippen LogP contribution in [0, 0.1) is 10.1 Å². The van der Waals surface area contributed by atoms with Gasteiger partial charge in [0.15, 0.2) is 0 Å². The van der Waals surface area contributed by atoms with Crippen molar-refractivity contribution < 1.29 is 4.92 Å². The van der Waals surface area contributed by atoms with Gasteiger partial charge in [0.25, 0.3) is 5.69 Å². The molecule has 2 aromatic rings. The maximum Gasteiger partial charge on any atom is 0.278 e. The fraction of sp³-hybridized carbons (Fsp3) is 0.